The summed E-state index contributed by atoms with van der Waals surface area (Å²) in [6, 6.07) is 7.06. The quantitative estimate of drug-likeness (QED) is 0.499. The number of pyridine rings is 1. The second-order valence-electron chi connectivity index (χ2n) is 7.48. The summed E-state index contributed by atoms with van der Waals surface area (Å²) in [5.41, 5.74) is 5.07. The van der Waals surface area contributed by atoms with E-state index in [0.717, 1.165) is 0 Å². The molecule has 2 N–H and O–H groups in total. The second-order valence-corrected chi connectivity index (χ2v) is 7.88. The third kappa shape index (κ3) is 5.26. The molecule has 0 saturated heterocycles. The molecule has 1 amide bonds. The fourth-order valence-corrected chi connectivity index (χ4v) is 3.82. The van der Waals surface area contributed by atoms with Gasteiger partial charge in [0.15, 0.2) is 5.78 Å². The molecule has 1 atom stereocenters. The molecule has 0 bridgehead atoms. The van der Waals surface area contributed by atoms with Gasteiger partial charge in [-0.1, -0.05) is 11.6 Å². The molecule has 1 aliphatic rings. The van der Waals surface area contributed by atoms with Crippen LogP contribution in [0.4, 0.5) is 8.78 Å². The lowest BCUT2D eigenvalue weighted by molar-refractivity contribution is -0.115. The number of nitrogens with two attached hydrogens (primary N) is 1. The Hall–Kier alpha value is -3.30. The topological polar surface area (TPSA) is 101 Å². The number of alkyl halides is 1. The molecular weight excluding hydrogens is 470 g/mol. The normalized spacial score (nSPS) is 17.6. The van der Waals surface area contributed by atoms with Crippen LogP contribution in [0.25, 0.3) is 11.3 Å². The number of amides is 1. The van der Waals surface area contributed by atoms with E-state index < -0.39 is 29.8 Å². The van der Waals surface area contributed by atoms with Gasteiger partial charge in [-0.3, -0.25) is 9.59 Å². The molecule has 0 radical (unpaired) electrons. The fourth-order valence-electron chi connectivity index (χ4n) is 3.64. The SMILES string of the molecule is COc1ccc(C(=O)CC2(OC)CC(C(N)=O)=CC=C2OCCF)nc1-c1ccc(F)c(Cl)c1. The number of benzene rings is 1. The van der Waals surface area contributed by atoms with Crippen LogP contribution >= 0.6 is 11.6 Å². The minimum atomic E-state index is -1.38. The van der Waals surface area contributed by atoms with Crippen LogP contribution < -0.4 is 10.5 Å². The van der Waals surface area contributed by atoms with E-state index in [1.54, 1.807) is 6.07 Å². The van der Waals surface area contributed by atoms with Crippen molar-refractivity contribution in [3.8, 4) is 17.0 Å². The number of ketones is 1. The van der Waals surface area contributed by atoms with Crippen molar-refractivity contribution in [1.29, 1.82) is 0 Å². The van der Waals surface area contributed by atoms with Gasteiger partial charge in [0, 0.05) is 31.1 Å². The Morgan fingerprint density at radius 3 is 2.59 bits per heavy atom. The summed E-state index contributed by atoms with van der Waals surface area (Å²) in [4.78, 5) is 29.5. The van der Waals surface area contributed by atoms with Crippen LogP contribution in [-0.4, -0.2) is 49.8 Å². The number of hydrogen-bond donors (Lipinski definition) is 1. The molecule has 1 aromatic carbocycles. The molecule has 1 aromatic heterocycles. The van der Waals surface area contributed by atoms with E-state index in [9.17, 15) is 18.4 Å². The molecule has 180 valence electrons. The van der Waals surface area contributed by atoms with Crippen LogP contribution in [0.3, 0.4) is 0 Å². The van der Waals surface area contributed by atoms with Crippen LogP contribution in [0.5, 0.6) is 5.75 Å². The Labute approximate surface area is 200 Å². The summed E-state index contributed by atoms with van der Waals surface area (Å²) in [7, 11) is 2.79. The number of rotatable bonds is 10. The van der Waals surface area contributed by atoms with Crippen LogP contribution in [-0.2, 0) is 14.3 Å². The lowest BCUT2D eigenvalue weighted by Gasteiger charge is -2.36. The van der Waals surface area contributed by atoms with Gasteiger partial charge < -0.3 is 19.9 Å². The molecule has 0 fully saturated rings. The first-order chi connectivity index (χ1) is 16.2. The van der Waals surface area contributed by atoms with E-state index >= 15 is 0 Å². The van der Waals surface area contributed by atoms with Crippen LogP contribution in [0.15, 0.2) is 53.8 Å². The molecule has 34 heavy (non-hydrogen) atoms. The summed E-state index contributed by atoms with van der Waals surface area (Å²) >= 11 is 5.91. The maximum Gasteiger partial charge on any atom is 0.244 e. The number of allylic oxidation sites excluding steroid dienone is 2. The molecule has 1 heterocycles. The number of primary amides is 1. The number of carbonyl (C=O) groups is 2. The van der Waals surface area contributed by atoms with Gasteiger partial charge in [-0.25, -0.2) is 13.8 Å². The van der Waals surface area contributed by atoms with Crippen LogP contribution in [0.1, 0.15) is 23.3 Å². The molecule has 0 saturated carbocycles. The number of aromatic nitrogens is 1. The minimum Gasteiger partial charge on any atom is -0.494 e. The smallest absolute Gasteiger partial charge is 0.244 e. The minimum absolute atomic E-state index is 0.0424. The number of hydrogen-bond acceptors (Lipinski definition) is 6. The Bertz CT molecular complexity index is 1170. The number of Topliss-reactive ketones (excluding diaryl/α,β-unsaturated/α-hetero) is 1. The zero-order valence-electron chi connectivity index (χ0n) is 18.6. The van der Waals surface area contributed by atoms with E-state index in [0.29, 0.717) is 11.3 Å². The number of nitrogens with zero attached hydrogens (tertiary/aromatic N) is 1. The Morgan fingerprint density at radius 2 is 1.97 bits per heavy atom. The van der Waals surface area contributed by atoms with Crippen molar-refractivity contribution in [3.05, 3.63) is 70.3 Å². The summed E-state index contributed by atoms with van der Waals surface area (Å²) in [5, 5.41) is -0.107. The van der Waals surface area contributed by atoms with Gasteiger partial charge in [0.1, 0.15) is 47.6 Å². The second kappa shape index (κ2) is 10.8. The molecular formula is C24H23ClF2N2O5. The maximum absolute atomic E-state index is 13.6. The average Bonchev–Trinajstić information content (AvgIpc) is 2.84. The third-order valence-corrected chi connectivity index (χ3v) is 5.70. The number of ether oxygens (including phenoxy) is 3. The number of carbonyl (C=O) groups excluding carboxylic acids is 2. The van der Waals surface area contributed by atoms with Crippen molar-refractivity contribution in [1.82, 2.24) is 4.98 Å². The van der Waals surface area contributed by atoms with Crippen molar-refractivity contribution in [3.63, 3.8) is 0 Å². The molecule has 1 aliphatic carbocycles. The van der Waals surface area contributed by atoms with Gasteiger partial charge >= 0.3 is 0 Å². The predicted molar refractivity (Wildman–Crippen MR) is 122 cm³/mol. The highest BCUT2D eigenvalue weighted by atomic mass is 35.5. The van der Waals surface area contributed by atoms with E-state index in [1.807, 2.05) is 0 Å². The summed E-state index contributed by atoms with van der Waals surface area (Å²) in [6.45, 7) is -0.998. The van der Waals surface area contributed by atoms with Gasteiger partial charge in [0.05, 0.1) is 12.1 Å². The molecule has 2 aromatic rings. The van der Waals surface area contributed by atoms with Gasteiger partial charge in [-0.15, -0.1) is 0 Å². The van der Waals surface area contributed by atoms with Crippen molar-refractivity contribution < 1.29 is 32.6 Å². The first-order valence-corrected chi connectivity index (χ1v) is 10.6. The van der Waals surface area contributed by atoms with Gasteiger partial charge in [-0.05, 0) is 42.5 Å². The van der Waals surface area contributed by atoms with E-state index in [-0.39, 0.29) is 47.2 Å². The average molecular weight is 493 g/mol. The van der Waals surface area contributed by atoms with E-state index in [2.05, 4.69) is 4.98 Å². The number of halogens is 3. The Balaban J connectivity index is 1.98. The van der Waals surface area contributed by atoms with Crippen molar-refractivity contribution in [2.24, 2.45) is 5.73 Å². The van der Waals surface area contributed by atoms with E-state index in [4.69, 9.17) is 31.5 Å². The third-order valence-electron chi connectivity index (χ3n) is 5.41. The predicted octanol–water partition coefficient (Wildman–Crippen LogP) is 4.19. The van der Waals surface area contributed by atoms with Gasteiger partial charge in [0.2, 0.25) is 5.91 Å². The molecule has 0 aliphatic heterocycles. The Kier molecular flexibility index (Phi) is 8.01. The molecule has 3 rings (SSSR count). The van der Waals surface area contributed by atoms with E-state index in [1.165, 1.54) is 50.6 Å². The molecule has 10 heteroatoms. The van der Waals surface area contributed by atoms with Crippen LogP contribution in [0.2, 0.25) is 5.02 Å². The number of methoxy groups -OCH3 is 2. The van der Waals surface area contributed by atoms with Crippen molar-refractivity contribution in [2.75, 3.05) is 27.5 Å². The highest BCUT2D eigenvalue weighted by molar-refractivity contribution is 6.31. The highest BCUT2D eigenvalue weighted by Crippen LogP contribution is 2.38. The Morgan fingerprint density at radius 1 is 1.21 bits per heavy atom. The molecule has 0 spiro atoms. The summed E-state index contributed by atoms with van der Waals surface area (Å²) < 4.78 is 42.9. The molecule has 1 unspecified atom stereocenters. The lowest BCUT2D eigenvalue weighted by atomic mass is 9.82. The van der Waals surface area contributed by atoms with Gasteiger partial charge in [0.25, 0.3) is 0 Å². The summed E-state index contributed by atoms with van der Waals surface area (Å²) in [6.07, 6.45) is 2.59. The largest absolute Gasteiger partial charge is 0.494 e. The molecule has 7 nitrogen and oxygen atoms in total. The first kappa shape index (κ1) is 25.3. The first-order valence-electron chi connectivity index (χ1n) is 10.2. The fraction of sp³-hybridized carbons (Fsp3) is 0.292. The van der Waals surface area contributed by atoms with Gasteiger partial charge in [-0.2, -0.15) is 0 Å². The maximum atomic E-state index is 13.6. The zero-order chi connectivity index (χ0) is 24.9. The van der Waals surface area contributed by atoms with Crippen molar-refractivity contribution >= 4 is 23.3 Å². The summed E-state index contributed by atoms with van der Waals surface area (Å²) in [5.74, 6) is -1.16. The van der Waals surface area contributed by atoms with Crippen molar-refractivity contribution in [2.45, 2.75) is 18.4 Å². The zero-order valence-corrected chi connectivity index (χ0v) is 19.3. The highest BCUT2D eigenvalue weighted by Gasteiger charge is 2.42. The standard InChI is InChI=1S/C24H23ClF2N2O5/c1-32-20-7-6-18(29-22(20)14-3-5-17(27)16(25)11-14)19(30)13-24(33-2)12-15(23(28)31)4-8-21(24)34-10-9-26/h3-8,11H,9-10,12-13H2,1-2H3,(H2,28,31). The lowest BCUT2D eigenvalue weighted by Crippen LogP contribution is -2.41. The monoisotopic (exact) mass is 492 g/mol. The van der Waals surface area contributed by atoms with Crippen LogP contribution in [0, 0.1) is 5.82 Å².